The number of ether oxygens (including phenoxy) is 1. The third-order valence-corrected chi connectivity index (χ3v) is 3.43. The van der Waals surface area contributed by atoms with Gasteiger partial charge in [-0.1, -0.05) is 35.8 Å². The summed E-state index contributed by atoms with van der Waals surface area (Å²) in [5.74, 6) is 0.350. The third kappa shape index (κ3) is 3.26. The van der Waals surface area contributed by atoms with Crippen LogP contribution in [0.2, 0.25) is 0 Å². The lowest BCUT2D eigenvalue weighted by Crippen LogP contribution is -1.91. The Bertz CT molecular complexity index is 597. The Labute approximate surface area is 120 Å². The number of rotatable bonds is 3. The molecule has 0 spiro atoms. The number of phenols is 1. The van der Waals surface area contributed by atoms with E-state index in [-0.39, 0.29) is 0 Å². The highest BCUT2D eigenvalue weighted by atomic mass is 79.9. The van der Waals surface area contributed by atoms with Crippen molar-refractivity contribution in [2.24, 2.45) is 0 Å². The number of hydrogen-bond acceptors (Lipinski definition) is 2. The van der Waals surface area contributed by atoms with Gasteiger partial charge in [0.1, 0.15) is 11.5 Å². The molecule has 0 heterocycles. The summed E-state index contributed by atoms with van der Waals surface area (Å²) in [4.78, 5) is 0. The van der Waals surface area contributed by atoms with Gasteiger partial charge in [0.05, 0.1) is 0 Å². The molecule has 19 heavy (non-hydrogen) atoms. The highest BCUT2D eigenvalue weighted by Crippen LogP contribution is 2.32. The van der Waals surface area contributed by atoms with E-state index in [1.807, 2.05) is 18.2 Å². The predicted molar refractivity (Wildman–Crippen MR) is 76.4 cm³/mol. The third-order valence-electron chi connectivity index (χ3n) is 2.75. The monoisotopic (exact) mass is 324 g/mol. The number of hydrogen-bond donors (Lipinski definition) is 1. The van der Waals surface area contributed by atoms with Gasteiger partial charge in [0.2, 0.25) is 0 Å². The van der Waals surface area contributed by atoms with Gasteiger partial charge in [-0.15, -0.1) is 0 Å². The van der Waals surface area contributed by atoms with Crippen molar-refractivity contribution in [1.29, 1.82) is 0 Å². The molecule has 2 nitrogen and oxygen atoms in total. The van der Waals surface area contributed by atoms with E-state index < -0.39 is 11.6 Å². The molecule has 0 aliphatic heterocycles. The molecule has 0 aliphatic carbocycles. The smallest absolute Gasteiger partial charge is 0.165 e. The van der Waals surface area contributed by atoms with Gasteiger partial charge >= 0.3 is 0 Å². The Hall–Kier alpha value is -1.55. The summed E-state index contributed by atoms with van der Waals surface area (Å²) >= 11 is 3.50. The first-order valence-corrected chi connectivity index (χ1v) is 6.72. The molecule has 0 aliphatic rings. The zero-order valence-corrected chi connectivity index (χ0v) is 12.2. The molecular weight excluding hydrogens is 311 g/mol. The van der Waals surface area contributed by atoms with Crippen molar-refractivity contribution in [2.75, 3.05) is 0 Å². The molecule has 100 valence electrons. The van der Waals surface area contributed by atoms with Crippen molar-refractivity contribution in [2.45, 2.75) is 19.8 Å². The molecule has 0 saturated heterocycles. The highest BCUT2D eigenvalue weighted by Gasteiger charge is 2.08. The van der Waals surface area contributed by atoms with Crippen LogP contribution in [0.15, 0.2) is 40.9 Å². The molecule has 4 heteroatoms. The summed E-state index contributed by atoms with van der Waals surface area (Å²) < 4.78 is 19.5. The summed E-state index contributed by atoms with van der Waals surface area (Å²) in [5.41, 5.74) is 1.19. The second-order valence-electron chi connectivity index (χ2n) is 4.55. The van der Waals surface area contributed by atoms with Gasteiger partial charge in [-0.2, -0.15) is 0 Å². The summed E-state index contributed by atoms with van der Waals surface area (Å²) in [6.45, 7) is 4.22. The van der Waals surface area contributed by atoms with Crippen LogP contribution in [0.5, 0.6) is 17.2 Å². The number of aromatic hydroxyl groups is 1. The average molecular weight is 325 g/mol. The summed E-state index contributed by atoms with van der Waals surface area (Å²) in [6.07, 6.45) is 0. The van der Waals surface area contributed by atoms with E-state index in [4.69, 9.17) is 4.74 Å². The Kier molecular flexibility index (Phi) is 4.10. The molecule has 1 N–H and O–H groups in total. The Morgan fingerprint density at radius 2 is 1.74 bits per heavy atom. The van der Waals surface area contributed by atoms with Gasteiger partial charge in [0.25, 0.3) is 0 Å². The molecule has 0 bridgehead atoms. The largest absolute Gasteiger partial charge is 0.505 e. The first-order chi connectivity index (χ1) is 8.97. The van der Waals surface area contributed by atoms with Crippen LogP contribution in [0, 0.1) is 5.82 Å². The van der Waals surface area contributed by atoms with Crippen LogP contribution >= 0.6 is 15.9 Å². The summed E-state index contributed by atoms with van der Waals surface area (Å²) in [7, 11) is 0. The number of phenolic OH excluding ortho intramolecular Hbond substituents is 1. The molecule has 0 amide bonds. The first-order valence-electron chi connectivity index (χ1n) is 5.93. The molecule has 0 saturated carbocycles. The van der Waals surface area contributed by atoms with E-state index in [2.05, 4.69) is 29.8 Å². The van der Waals surface area contributed by atoms with Gasteiger partial charge in [-0.3, -0.25) is 0 Å². The maximum atomic E-state index is 12.9. The van der Waals surface area contributed by atoms with Crippen molar-refractivity contribution in [1.82, 2.24) is 0 Å². The molecule has 0 fully saturated rings. The molecule has 0 unspecified atom stereocenters. The average Bonchev–Trinajstić information content (AvgIpc) is 2.33. The molecule has 2 aromatic rings. The Balaban J connectivity index is 2.24. The summed E-state index contributed by atoms with van der Waals surface area (Å²) in [6, 6.07) is 9.57. The molecule has 0 radical (unpaired) electrons. The Morgan fingerprint density at radius 3 is 2.32 bits per heavy atom. The fourth-order valence-corrected chi connectivity index (χ4v) is 2.55. The normalized spacial score (nSPS) is 10.8. The predicted octanol–water partition coefficient (Wildman–Crippen LogP) is 5.21. The van der Waals surface area contributed by atoms with Crippen LogP contribution in [0.4, 0.5) is 4.39 Å². The molecule has 2 rings (SSSR count). The molecule has 0 aromatic heterocycles. The first kappa shape index (κ1) is 13.9. The van der Waals surface area contributed by atoms with E-state index in [9.17, 15) is 9.50 Å². The maximum Gasteiger partial charge on any atom is 0.165 e. The van der Waals surface area contributed by atoms with Crippen LogP contribution in [0.3, 0.4) is 0 Å². The SMILES string of the molecule is CC(C)c1ccc(Oc2ccc(F)c(O)c2)cc1Br. The van der Waals surface area contributed by atoms with Crippen LogP contribution in [0.1, 0.15) is 25.3 Å². The minimum atomic E-state index is -0.663. The van der Waals surface area contributed by atoms with E-state index in [0.29, 0.717) is 17.4 Å². The quantitative estimate of drug-likeness (QED) is 0.839. The molecule has 2 aromatic carbocycles. The lowest BCUT2D eigenvalue weighted by atomic mass is 10.0. The van der Waals surface area contributed by atoms with Gasteiger partial charge < -0.3 is 9.84 Å². The topological polar surface area (TPSA) is 29.5 Å². The second kappa shape index (κ2) is 5.61. The lowest BCUT2D eigenvalue weighted by molar-refractivity contribution is 0.421. The number of benzene rings is 2. The second-order valence-corrected chi connectivity index (χ2v) is 5.41. The van der Waals surface area contributed by atoms with Crippen LogP contribution in [-0.4, -0.2) is 5.11 Å². The van der Waals surface area contributed by atoms with Crippen LogP contribution in [0.25, 0.3) is 0 Å². The van der Waals surface area contributed by atoms with Gasteiger partial charge in [-0.25, -0.2) is 4.39 Å². The number of halogens is 2. The van der Waals surface area contributed by atoms with E-state index >= 15 is 0 Å². The molecular formula is C15H14BrFO2. The zero-order valence-electron chi connectivity index (χ0n) is 10.7. The minimum Gasteiger partial charge on any atom is -0.505 e. The lowest BCUT2D eigenvalue weighted by Gasteiger charge is -2.11. The zero-order chi connectivity index (χ0) is 14.0. The van der Waals surface area contributed by atoms with Crippen molar-refractivity contribution in [3.63, 3.8) is 0 Å². The fourth-order valence-electron chi connectivity index (χ4n) is 1.73. The standard InChI is InChI=1S/C15H14BrFO2/c1-9(2)12-5-3-10(7-13(12)16)19-11-4-6-14(17)15(18)8-11/h3-9,18H,1-2H3. The fraction of sp³-hybridized carbons (Fsp3) is 0.200. The van der Waals surface area contributed by atoms with Crippen molar-refractivity contribution in [3.05, 3.63) is 52.3 Å². The van der Waals surface area contributed by atoms with Crippen molar-refractivity contribution >= 4 is 15.9 Å². The van der Waals surface area contributed by atoms with Gasteiger partial charge in [-0.05, 0) is 35.7 Å². The van der Waals surface area contributed by atoms with E-state index in [0.717, 1.165) is 4.47 Å². The van der Waals surface area contributed by atoms with Crippen LogP contribution in [-0.2, 0) is 0 Å². The van der Waals surface area contributed by atoms with Crippen molar-refractivity contribution in [3.8, 4) is 17.2 Å². The van der Waals surface area contributed by atoms with Gasteiger partial charge in [0, 0.05) is 10.5 Å². The van der Waals surface area contributed by atoms with Crippen LogP contribution < -0.4 is 4.74 Å². The van der Waals surface area contributed by atoms with Gasteiger partial charge in [0.15, 0.2) is 11.6 Å². The van der Waals surface area contributed by atoms with Crippen molar-refractivity contribution < 1.29 is 14.2 Å². The van der Waals surface area contributed by atoms with E-state index in [1.165, 1.54) is 23.8 Å². The summed E-state index contributed by atoms with van der Waals surface area (Å²) in [5, 5.41) is 9.29. The maximum absolute atomic E-state index is 12.9. The minimum absolute atomic E-state index is 0.392. The Morgan fingerprint density at radius 1 is 1.11 bits per heavy atom. The highest BCUT2D eigenvalue weighted by molar-refractivity contribution is 9.10. The van der Waals surface area contributed by atoms with E-state index in [1.54, 1.807) is 0 Å². The molecule has 0 atom stereocenters.